The second-order valence-electron chi connectivity index (χ2n) is 28.3. The third-order valence-corrected chi connectivity index (χ3v) is 26.3. The van der Waals surface area contributed by atoms with Crippen molar-refractivity contribution in [2.24, 2.45) is 0 Å². The molecule has 0 saturated heterocycles. The lowest BCUT2D eigenvalue weighted by Crippen LogP contribution is -2.00. The molecule has 0 aliphatic heterocycles. The van der Waals surface area contributed by atoms with E-state index in [4.69, 9.17) is 39.9 Å². The number of pyridine rings is 2. The summed E-state index contributed by atoms with van der Waals surface area (Å²) in [6.45, 7) is 0. The van der Waals surface area contributed by atoms with Gasteiger partial charge in [-0.2, -0.15) is 0 Å². The van der Waals surface area contributed by atoms with Gasteiger partial charge in [0, 0.05) is 147 Å². The summed E-state index contributed by atoms with van der Waals surface area (Å²) in [6.07, 6.45) is 0. The zero-order valence-corrected chi connectivity index (χ0v) is 64.1. The van der Waals surface area contributed by atoms with Crippen LogP contribution < -0.4 is 0 Å². The van der Waals surface area contributed by atoms with Gasteiger partial charge in [-0.15, -0.1) is 45.3 Å². The number of nitrogens with zero attached hydrogens (tertiary/aromatic N) is 8. The Balaban J connectivity index is 0.000000140. The van der Waals surface area contributed by atoms with E-state index in [1.54, 1.807) is 0 Å². The molecule has 0 saturated carbocycles. The van der Waals surface area contributed by atoms with E-state index in [1.807, 2.05) is 142 Å². The zero-order chi connectivity index (χ0) is 75.2. The molecule has 0 atom stereocenters. The summed E-state index contributed by atoms with van der Waals surface area (Å²) in [7, 11) is 0. The van der Waals surface area contributed by atoms with Crippen molar-refractivity contribution in [2.75, 3.05) is 0 Å². The van der Waals surface area contributed by atoms with Crippen LogP contribution in [0.2, 0.25) is 0 Å². The van der Waals surface area contributed by atoms with Crippen LogP contribution in [-0.4, -0.2) is 39.9 Å². The van der Waals surface area contributed by atoms with Gasteiger partial charge in [0.15, 0.2) is 34.9 Å². The highest BCUT2D eigenvalue weighted by molar-refractivity contribution is 7.28. The lowest BCUT2D eigenvalue weighted by Gasteiger charge is -2.13. The molecule has 8 heterocycles. The Morgan fingerprint density at radius 3 is 0.860 bits per heavy atom. The molecule has 12 heteroatoms. The van der Waals surface area contributed by atoms with Crippen LogP contribution in [0.1, 0.15) is 0 Å². The van der Waals surface area contributed by atoms with Gasteiger partial charge in [0.05, 0.1) is 22.4 Å². The molecule has 23 rings (SSSR count). The lowest BCUT2D eigenvalue weighted by molar-refractivity contribution is 1.07. The van der Waals surface area contributed by atoms with E-state index in [9.17, 15) is 0 Å². The van der Waals surface area contributed by atoms with Crippen LogP contribution in [0.5, 0.6) is 0 Å². The van der Waals surface area contributed by atoms with Gasteiger partial charge in [0.2, 0.25) is 0 Å². The maximum Gasteiger partial charge on any atom is 0.164 e. The molecule has 8 nitrogen and oxygen atoms in total. The Bertz CT molecular complexity index is 7660. The summed E-state index contributed by atoms with van der Waals surface area (Å²) in [4.78, 5) is 41.1. The molecule has 23 aromatic rings. The molecule has 0 aliphatic rings. The molecule has 0 aliphatic carbocycles. The molecule has 0 radical (unpaired) electrons. The summed E-state index contributed by atoms with van der Waals surface area (Å²) in [6, 6.07) is 128. The highest BCUT2D eigenvalue weighted by Gasteiger charge is 2.25. The maximum atomic E-state index is 5.53. The van der Waals surface area contributed by atoms with Crippen molar-refractivity contribution in [1.29, 1.82) is 0 Å². The standard InChI is InChI=1S/C54H32N4S2.C48H28N4S2/c1-3-13-33(14-4-1)34-25-29-37(30-26-34)53-56-52(36-15-5-2-6-16-36)57-54(58-53)38-31-27-35(28-32-38)49-48-43-18-8-10-24-46(43)60-51(48)47-40(19-12-22-44(47)55-49)42-21-11-20-41-39-17-7-9-23-45(39)59-50(41)42;1-3-14-29(15-4-1)46-50-47(30-16-5-2-6-17-30)52-48(51-46)32-19-11-18-31(28-32)43-42-37-21-8-10-27-40(37)54-45(42)41-34(22-13-25-38(41)49-43)36-24-12-23-35-33-20-7-9-26-39(33)53-44(35)36/h1-32H;1-28H. The minimum atomic E-state index is 0.621. The zero-order valence-electron chi connectivity index (χ0n) is 60.9. The van der Waals surface area contributed by atoms with E-state index in [-0.39, 0.29) is 0 Å². The van der Waals surface area contributed by atoms with E-state index in [2.05, 4.69) is 267 Å². The van der Waals surface area contributed by atoms with E-state index in [0.717, 1.165) is 72.5 Å². The van der Waals surface area contributed by atoms with Crippen LogP contribution in [0.3, 0.4) is 0 Å². The van der Waals surface area contributed by atoms with Crippen molar-refractivity contribution in [2.45, 2.75) is 0 Å². The molecule has 0 unspecified atom stereocenters. The van der Waals surface area contributed by atoms with Gasteiger partial charge in [-0.1, -0.05) is 322 Å². The smallest absolute Gasteiger partial charge is 0.164 e. The third kappa shape index (κ3) is 11.8. The predicted molar refractivity (Wildman–Crippen MR) is 482 cm³/mol. The van der Waals surface area contributed by atoms with Crippen LogP contribution >= 0.6 is 45.3 Å². The second kappa shape index (κ2) is 28.1. The molecule has 532 valence electrons. The van der Waals surface area contributed by atoms with Gasteiger partial charge in [0.25, 0.3) is 0 Å². The molecular weight excluding hydrogens is 1470 g/mol. The molecule has 114 heavy (non-hydrogen) atoms. The summed E-state index contributed by atoms with van der Waals surface area (Å²) >= 11 is 7.44. The molecule has 8 aromatic heterocycles. The normalized spacial score (nSPS) is 11.7. The molecule has 15 aromatic carbocycles. The van der Waals surface area contributed by atoms with E-state index in [1.165, 1.54) is 119 Å². The third-order valence-electron chi connectivity index (χ3n) is 21.5. The highest BCUT2D eigenvalue weighted by Crippen LogP contribution is 2.51. The van der Waals surface area contributed by atoms with Crippen molar-refractivity contribution in [1.82, 2.24) is 39.9 Å². The van der Waals surface area contributed by atoms with Gasteiger partial charge in [-0.05, 0) is 64.7 Å². The van der Waals surface area contributed by atoms with E-state index < -0.39 is 0 Å². The predicted octanol–water partition coefficient (Wildman–Crippen LogP) is 28.6. The van der Waals surface area contributed by atoms with Crippen LogP contribution in [0, 0.1) is 0 Å². The fourth-order valence-corrected chi connectivity index (χ4v) is 21.1. The lowest BCUT2D eigenvalue weighted by atomic mass is 9.95. The number of aromatic nitrogens is 8. The summed E-state index contributed by atoms with van der Waals surface area (Å²) < 4.78 is 10.2. The SMILES string of the molecule is c1ccc(-c2ccc(-c3nc(-c4ccccc4)nc(-c4ccc(-c5nc6cccc(-c7cccc8c7sc7ccccc78)c6c6sc7ccccc7c56)cc4)n3)cc2)cc1.c1ccc(-c2nc(-c3ccccc3)nc(-c3cccc(-c4nc5cccc(-c6cccc7c6sc6ccccc67)c5c5sc6ccccc6c45)c3)n2)cc1. The van der Waals surface area contributed by atoms with Gasteiger partial charge >= 0.3 is 0 Å². The van der Waals surface area contributed by atoms with Gasteiger partial charge < -0.3 is 0 Å². The largest absolute Gasteiger partial charge is 0.247 e. The van der Waals surface area contributed by atoms with E-state index >= 15 is 0 Å². The quantitative estimate of drug-likeness (QED) is 0.126. The van der Waals surface area contributed by atoms with Gasteiger partial charge in [-0.3, -0.25) is 0 Å². The van der Waals surface area contributed by atoms with Crippen molar-refractivity contribution in [3.05, 3.63) is 364 Å². The van der Waals surface area contributed by atoms with Crippen LogP contribution in [0.25, 0.3) is 227 Å². The minimum absolute atomic E-state index is 0.621. The molecular formula is C102H60N8S4. The average molecular weight is 1530 g/mol. The monoisotopic (exact) mass is 1520 g/mol. The van der Waals surface area contributed by atoms with Crippen molar-refractivity contribution in [3.63, 3.8) is 0 Å². The van der Waals surface area contributed by atoms with Gasteiger partial charge in [0.1, 0.15) is 0 Å². The van der Waals surface area contributed by atoms with Crippen LogP contribution in [0.4, 0.5) is 0 Å². The number of hydrogen-bond donors (Lipinski definition) is 0. The Hall–Kier alpha value is -14.0. The van der Waals surface area contributed by atoms with Crippen molar-refractivity contribution in [3.8, 4) is 124 Å². The Labute approximate surface area is 670 Å². The molecule has 0 spiro atoms. The fraction of sp³-hybridized carbons (Fsp3) is 0. The first kappa shape index (κ1) is 67.0. The summed E-state index contributed by atoms with van der Waals surface area (Å²) in [5.41, 5.74) is 18.7. The minimum Gasteiger partial charge on any atom is -0.247 e. The molecule has 0 N–H and O–H groups in total. The molecule has 0 amide bonds. The Kier molecular flexibility index (Phi) is 16.5. The molecule has 0 bridgehead atoms. The number of rotatable bonds is 11. The summed E-state index contributed by atoms with van der Waals surface area (Å²) in [5.74, 6) is 3.79. The number of fused-ring (bicyclic) bond motifs is 16. The Morgan fingerprint density at radius 1 is 0.158 bits per heavy atom. The maximum absolute atomic E-state index is 5.53. The number of benzene rings is 15. The Morgan fingerprint density at radius 2 is 0.430 bits per heavy atom. The first-order valence-corrected chi connectivity index (χ1v) is 41.1. The number of thiophene rings is 4. The van der Waals surface area contributed by atoms with Crippen molar-refractivity contribution >= 4 is 148 Å². The first-order valence-electron chi connectivity index (χ1n) is 37.9. The number of hydrogen-bond acceptors (Lipinski definition) is 12. The summed E-state index contributed by atoms with van der Waals surface area (Å²) in [5, 5.41) is 12.4. The van der Waals surface area contributed by atoms with Gasteiger partial charge in [-0.25, -0.2) is 39.9 Å². The highest BCUT2D eigenvalue weighted by atomic mass is 32.1. The van der Waals surface area contributed by atoms with Crippen molar-refractivity contribution < 1.29 is 0 Å². The molecule has 0 fully saturated rings. The fourth-order valence-electron chi connectivity index (χ4n) is 16.1. The van der Waals surface area contributed by atoms with Crippen LogP contribution in [-0.2, 0) is 0 Å². The van der Waals surface area contributed by atoms with E-state index in [0.29, 0.717) is 34.9 Å². The topological polar surface area (TPSA) is 103 Å². The van der Waals surface area contributed by atoms with Crippen LogP contribution in [0.15, 0.2) is 364 Å². The second-order valence-corrected chi connectivity index (χ2v) is 32.5. The average Bonchev–Trinajstić information content (AvgIpc) is 1.53. The first-order chi connectivity index (χ1) is 56.5.